The maximum Gasteiger partial charge on any atom is 0.347 e. The highest BCUT2D eigenvalue weighted by atomic mass is 16.2. The molecule has 152 valence electrons. The number of nitrogens with zero attached hydrogens (tertiary/aromatic N) is 2. The number of rotatable bonds is 3. The molecule has 1 saturated carbocycles. The second kappa shape index (κ2) is 6.19. The van der Waals surface area contributed by atoms with Gasteiger partial charge in [0.15, 0.2) is 5.84 Å². The quantitative estimate of drug-likeness (QED) is 0.736. The molecular formula is C23H23N5O2. The van der Waals surface area contributed by atoms with E-state index in [2.05, 4.69) is 34.4 Å². The van der Waals surface area contributed by atoms with Crippen molar-refractivity contribution < 1.29 is 9.59 Å². The van der Waals surface area contributed by atoms with E-state index >= 15 is 0 Å². The van der Waals surface area contributed by atoms with Gasteiger partial charge in [0.05, 0.1) is 16.8 Å². The molecule has 3 aliphatic rings. The van der Waals surface area contributed by atoms with Crippen LogP contribution in [0.2, 0.25) is 0 Å². The van der Waals surface area contributed by atoms with Crippen LogP contribution in [0.25, 0.3) is 0 Å². The van der Waals surface area contributed by atoms with Crippen LogP contribution in [0, 0.1) is 13.8 Å². The van der Waals surface area contributed by atoms with Crippen molar-refractivity contribution in [2.24, 2.45) is 10.8 Å². The molecule has 0 unspecified atom stereocenters. The number of amides is 3. The lowest BCUT2D eigenvalue weighted by Gasteiger charge is -2.25. The van der Waals surface area contributed by atoms with Crippen molar-refractivity contribution in [3.63, 3.8) is 0 Å². The zero-order chi connectivity index (χ0) is 21.2. The van der Waals surface area contributed by atoms with E-state index < -0.39 is 0 Å². The van der Waals surface area contributed by atoms with Crippen molar-refractivity contribution in [1.29, 1.82) is 0 Å². The number of nitrogens with one attached hydrogen (secondary N) is 2. The fourth-order valence-electron chi connectivity index (χ4n) is 4.40. The maximum atomic E-state index is 12.3. The predicted molar refractivity (Wildman–Crippen MR) is 116 cm³/mol. The molecule has 1 fully saturated rings. The van der Waals surface area contributed by atoms with E-state index in [1.807, 2.05) is 32.0 Å². The minimum absolute atomic E-state index is 0.133. The molecule has 0 bridgehead atoms. The topological polar surface area (TPSA) is 99.8 Å². The third kappa shape index (κ3) is 2.69. The summed E-state index contributed by atoms with van der Waals surface area (Å²) in [7, 11) is 0. The Morgan fingerprint density at radius 3 is 2.50 bits per heavy atom. The number of nitrogens with two attached hydrogens (primary N) is 1. The van der Waals surface area contributed by atoms with E-state index in [4.69, 9.17) is 5.73 Å². The summed E-state index contributed by atoms with van der Waals surface area (Å²) in [6.45, 7) is 7.73. The van der Waals surface area contributed by atoms with Crippen molar-refractivity contribution in [1.82, 2.24) is 5.32 Å². The number of urea groups is 1. The molecule has 1 aliphatic carbocycles. The van der Waals surface area contributed by atoms with Gasteiger partial charge in [-0.3, -0.25) is 4.79 Å². The third-order valence-corrected chi connectivity index (χ3v) is 6.31. The monoisotopic (exact) mass is 401 g/mol. The summed E-state index contributed by atoms with van der Waals surface area (Å²) >= 11 is 0. The summed E-state index contributed by atoms with van der Waals surface area (Å²) in [5, 5.41) is 11.0. The van der Waals surface area contributed by atoms with Crippen LogP contribution in [0.3, 0.4) is 0 Å². The minimum Gasteiger partial charge on any atom is -0.381 e. The van der Waals surface area contributed by atoms with E-state index in [0.29, 0.717) is 11.4 Å². The lowest BCUT2D eigenvalue weighted by atomic mass is 9.91. The number of hydrogen-bond donors (Lipinski definition) is 3. The molecule has 2 heterocycles. The van der Waals surface area contributed by atoms with Crippen molar-refractivity contribution in [3.05, 3.63) is 70.4 Å². The third-order valence-electron chi connectivity index (χ3n) is 6.31. The van der Waals surface area contributed by atoms with Crippen LogP contribution >= 0.6 is 0 Å². The zero-order valence-corrected chi connectivity index (χ0v) is 17.0. The number of fused-ring (bicyclic) bond motifs is 2. The van der Waals surface area contributed by atoms with Crippen LogP contribution in [0.15, 0.2) is 47.7 Å². The molecule has 7 heteroatoms. The fraction of sp³-hybridized carbons (Fsp3) is 0.261. The summed E-state index contributed by atoms with van der Waals surface area (Å²) in [6.07, 6.45) is 2.61. The smallest absolute Gasteiger partial charge is 0.347 e. The maximum absolute atomic E-state index is 12.3. The molecule has 0 aromatic heterocycles. The first kappa shape index (κ1) is 18.4. The Morgan fingerprint density at radius 1 is 1.13 bits per heavy atom. The van der Waals surface area contributed by atoms with Gasteiger partial charge in [-0.05, 0) is 79.1 Å². The van der Waals surface area contributed by atoms with Gasteiger partial charge in [0, 0.05) is 5.69 Å². The number of hydrogen-bond acceptors (Lipinski definition) is 4. The molecule has 7 nitrogen and oxygen atoms in total. The molecule has 30 heavy (non-hydrogen) atoms. The first-order valence-corrected chi connectivity index (χ1v) is 9.98. The first-order chi connectivity index (χ1) is 14.3. The minimum atomic E-state index is -0.383. The molecular weight excluding hydrogens is 378 g/mol. The van der Waals surface area contributed by atoms with Gasteiger partial charge in [0.2, 0.25) is 5.91 Å². The molecule has 0 radical (unpaired) electrons. The molecule has 3 amide bonds. The number of hydrazone groups is 1. The second-order valence-corrected chi connectivity index (χ2v) is 8.36. The average molecular weight is 401 g/mol. The number of anilines is 2. The van der Waals surface area contributed by atoms with Crippen LogP contribution in [0.5, 0.6) is 0 Å². The Morgan fingerprint density at radius 2 is 1.83 bits per heavy atom. The normalized spacial score (nSPS) is 18.8. The van der Waals surface area contributed by atoms with Crippen LogP contribution < -0.4 is 21.4 Å². The van der Waals surface area contributed by atoms with Gasteiger partial charge in [-0.1, -0.05) is 18.7 Å². The van der Waals surface area contributed by atoms with Gasteiger partial charge in [-0.25, -0.2) is 4.79 Å². The van der Waals surface area contributed by atoms with Crippen LogP contribution in [0.4, 0.5) is 16.2 Å². The van der Waals surface area contributed by atoms with Gasteiger partial charge in [-0.2, -0.15) is 5.01 Å². The Hall–Kier alpha value is -3.61. The van der Waals surface area contributed by atoms with E-state index in [1.54, 1.807) is 0 Å². The number of aryl methyl sites for hydroxylation is 2. The van der Waals surface area contributed by atoms with Gasteiger partial charge >= 0.3 is 6.03 Å². The lowest BCUT2D eigenvalue weighted by molar-refractivity contribution is -0.117. The van der Waals surface area contributed by atoms with Crippen molar-refractivity contribution >= 4 is 29.1 Å². The first-order valence-electron chi connectivity index (χ1n) is 9.98. The van der Waals surface area contributed by atoms with Crippen molar-refractivity contribution in [2.45, 2.75) is 38.5 Å². The highest BCUT2D eigenvalue weighted by Crippen LogP contribution is 2.55. The van der Waals surface area contributed by atoms with Gasteiger partial charge in [-0.15, -0.1) is 5.10 Å². The van der Waals surface area contributed by atoms with Gasteiger partial charge in [0.1, 0.15) is 0 Å². The lowest BCUT2D eigenvalue weighted by Crippen LogP contribution is -2.45. The molecule has 1 spiro atoms. The molecule has 4 N–H and O–H groups in total. The van der Waals surface area contributed by atoms with E-state index in [9.17, 15) is 9.59 Å². The summed E-state index contributed by atoms with van der Waals surface area (Å²) in [5.41, 5.74) is 13.1. The Bertz CT molecular complexity index is 1150. The van der Waals surface area contributed by atoms with Crippen molar-refractivity contribution in [3.8, 4) is 0 Å². The van der Waals surface area contributed by atoms with Crippen LogP contribution in [-0.4, -0.2) is 17.8 Å². The number of amidine groups is 1. The van der Waals surface area contributed by atoms with E-state index in [0.717, 1.165) is 41.6 Å². The number of benzene rings is 2. The molecule has 2 aliphatic heterocycles. The SMILES string of the molecule is C=C1NC(=O)N(c2cc(C)c(Cc3ccc4c(c3)C3(CC3)C(=O)N4)c(C)c2)N=C1N. The Labute approximate surface area is 174 Å². The fourth-order valence-corrected chi connectivity index (χ4v) is 4.40. The number of carbonyl (C=O) groups excluding carboxylic acids is 2. The highest BCUT2D eigenvalue weighted by Gasteiger charge is 2.56. The summed E-state index contributed by atoms with van der Waals surface area (Å²) in [5.74, 6) is 0.318. The Balaban J connectivity index is 1.46. The molecule has 2 aromatic carbocycles. The highest BCUT2D eigenvalue weighted by molar-refractivity contribution is 6.09. The number of carbonyl (C=O) groups is 2. The Kier molecular flexibility index (Phi) is 3.80. The van der Waals surface area contributed by atoms with Crippen LogP contribution in [-0.2, 0) is 16.6 Å². The standard InChI is InChI=1S/C23H23N5O2/c1-12-8-16(28-22(30)25-14(3)20(24)27-28)9-13(2)17(12)10-15-4-5-19-18(11-15)23(6-7-23)21(29)26-19/h4-5,8-9,11H,3,6-7,10H2,1-2H3,(H2,24,27)(H,25,30)(H,26,29). The van der Waals surface area contributed by atoms with Crippen molar-refractivity contribution in [2.75, 3.05) is 10.3 Å². The molecule has 0 saturated heterocycles. The molecule has 2 aromatic rings. The van der Waals surface area contributed by atoms with Gasteiger partial charge in [0.25, 0.3) is 0 Å². The molecule has 0 atom stereocenters. The predicted octanol–water partition coefficient (Wildman–Crippen LogP) is 3.19. The zero-order valence-electron chi connectivity index (χ0n) is 17.0. The second-order valence-electron chi connectivity index (χ2n) is 8.36. The summed E-state index contributed by atoms with van der Waals surface area (Å²) < 4.78 is 0. The largest absolute Gasteiger partial charge is 0.381 e. The van der Waals surface area contributed by atoms with E-state index in [-0.39, 0.29) is 23.2 Å². The summed E-state index contributed by atoms with van der Waals surface area (Å²) in [6, 6.07) is 9.74. The van der Waals surface area contributed by atoms with Crippen LogP contribution in [0.1, 0.15) is 40.7 Å². The van der Waals surface area contributed by atoms with Gasteiger partial charge < -0.3 is 16.4 Å². The summed E-state index contributed by atoms with van der Waals surface area (Å²) in [4.78, 5) is 24.6. The van der Waals surface area contributed by atoms with E-state index in [1.165, 1.54) is 16.1 Å². The molecule has 5 rings (SSSR count). The average Bonchev–Trinajstić information content (AvgIpc) is 3.45.